The zero-order valence-corrected chi connectivity index (χ0v) is 10.4. The maximum Gasteiger partial charge on any atom is 0.211 e. The quantitative estimate of drug-likeness (QED) is 0.473. The smallest absolute Gasteiger partial charge is 0.211 e. The van der Waals surface area contributed by atoms with E-state index in [0.717, 1.165) is 5.56 Å². The van der Waals surface area contributed by atoms with Crippen LogP contribution in [0.25, 0.3) is 0 Å². The molecule has 0 bridgehead atoms. The van der Waals surface area contributed by atoms with Gasteiger partial charge in [-0.2, -0.15) is 5.10 Å². The number of hydrogen-bond acceptors (Lipinski definition) is 4. The van der Waals surface area contributed by atoms with Gasteiger partial charge in [0.05, 0.1) is 20.4 Å². The summed E-state index contributed by atoms with van der Waals surface area (Å²) >= 11 is 0. The predicted molar refractivity (Wildman–Crippen MR) is 70.2 cm³/mol. The van der Waals surface area contributed by atoms with Gasteiger partial charge in [0.1, 0.15) is 11.5 Å². The number of hydrogen-bond donors (Lipinski definition) is 2. The van der Waals surface area contributed by atoms with Gasteiger partial charge in [-0.3, -0.25) is 0 Å². The van der Waals surface area contributed by atoms with Crippen LogP contribution in [-0.2, 0) is 0 Å². The molecule has 0 unspecified atom stereocenters. The molecule has 0 amide bonds. The molecule has 0 aliphatic carbocycles. The van der Waals surface area contributed by atoms with Crippen LogP contribution in [0.15, 0.2) is 28.4 Å². The molecule has 17 heavy (non-hydrogen) atoms. The van der Waals surface area contributed by atoms with Crippen LogP contribution in [0.4, 0.5) is 0 Å². The number of nitrogens with two attached hydrogens (primary N) is 2. The molecule has 7 heteroatoms. The van der Waals surface area contributed by atoms with Gasteiger partial charge >= 0.3 is 0 Å². The van der Waals surface area contributed by atoms with E-state index in [1.54, 1.807) is 32.4 Å². The van der Waals surface area contributed by atoms with E-state index in [-0.39, 0.29) is 18.4 Å². The highest BCUT2D eigenvalue weighted by Gasteiger charge is 2.02. The highest BCUT2D eigenvalue weighted by molar-refractivity contribution is 5.85. The summed E-state index contributed by atoms with van der Waals surface area (Å²) in [6, 6.07) is 5.33. The monoisotopic (exact) mass is 258 g/mol. The molecule has 94 valence electrons. The van der Waals surface area contributed by atoms with E-state index >= 15 is 0 Å². The van der Waals surface area contributed by atoms with Crippen molar-refractivity contribution in [2.75, 3.05) is 14.2 Å². The Bertz CT molecular complexity index is 417. The molecule has 0 aliphatic rings. The van der Waals surface area contributed by atoms with Crippen molar-refractivity contribution in [2.45, 2.75) is 0 Å². The van der Waals surface area contributed by atoms with Crippen molar-refractivity contribution < 1.29 is 9.47 Å². The minimum Gasteiger partial charge on any atom is -0.497 e. The molecule has 0 fully saturated rings. The second-order valence-corrected chi connectivity index (χ2v) is 2.88. The molecule has 0 atom stereocenters. The number of nitrogens with zero attached hydrogens (tertiary/aromatic N) is 2. The molecule has 0 radical (unpaired) electrons. The molecule has 0 heterocycles. The van der Waals surface area contributed by atoms with Crippen LogP contribution >= 0.6 is 12.4 Å². The average Bonchev–Trinajstić information content (AvgIpc) is 2.29. The fourth-order valence-corrected chi connectivity index (χ4v) is 1.08. The summed E-state index contributed by atoms with van der Waals surface area (Å²) in [7, 11) is 3.15. The summed E-state index contributed by atoms with van der Waals surface area (Å²) in [5, 5.41) is 7.19. The van der Waals surface area contributed by atoms with Crippen molar-refractivity contribution in [3.8, 4) is 11.5 Å². The van der Waals surface area contributed by atoms with Crippen molar-refractivity contribution in [1.82, 2.24) is 0 Å². The van der Waals surface area contributed by atoms with E-state index in [4.69, 9.17) is 20.9 Å². The number of rotatable bonds is 4. The van der Waals surface area contributed by atoms with Gasteiger partial charge in [0.25, 0.3) is 0 Å². The molecule has 4 N–H and O–H groups in total. The number of ether oxygens (including phenoxy) is 2. The molecule has 1 aromatic rings. The molecule has 6 nitrogen and oxygen atoms in total. The highest BCUT2D eigenvalue weighted by Crippen LogP contribution is 2.22. The SMILES string of the molecule is COc1ccc(/C=N/N=C(N)N)c(OC)c1.Cl. The van der Waals surface area contributed by atoms with Crippen molar-refractivity contribution in [1.29, 1.82) is 0 Å². The van der Waals surface area contributed by atoms with Crippen molar-refractivity contribution in [3.63, 3.8) is 0 Å². The largest absolute Gasteiger partial charge is 0.497 e. The lowest BCUT2D eigenvalue weighted by Crippen LogP contribution is -2.21. The Morgan fingerprint density at radius 3 is 2.47 bits per heavy atom. The molecule has 0 spiro atoms. The maximum atomic E-state index is 5.16. The second kappa shape index (κ2) is 7.34. The van der Waals surface area contributed by atoms with Gasteiger partial charge in [-0.05, 0) is 12.1 Å². The fraction of sp³-hybridized carbons (Fsp3) is 0.200. The third-order valence-corrected chi connectivity index (χ3v) is 1.81. The summed E-state index contributed by atoms with van der Waals surface area (Å²) in [5.41, 5.74) is 11.0. The lowest BCUT2D eigenvalue weighted by Gasteiger charge is -2.06. The summed E-state index contributed by atoms with van der Waals surface area (Å²) in [6.45, 7) is 0. The van der Waals surface area contributed by atoms with Gasteiger partial charge in [-0.15, -0.1) is 17.5 Å². The predicted octanol–water partition coefficient (Wildman–Crippen LogP) is 0.733. The van der Waals surface area contributed by atoms with E-state index in [1.807, 2.05) is 0 Å². The molecule has 0 aliphatic heterocycles. The van der Waals surface area contributed by atoms with Crippen molar-refractivity contribution in [3.05, 3.63) is 23.8 Å². The minimum atomic E-state index is -0.0938. The fourth-order valence-electron chi connectivity index (χ4n) is 1.08. The van der Waals surface area contributed by atoms with Gasteiger partial charge in [0, 0.05) is 11.6 Å². The number of halogens is 1. The third kappa shape index (κ3) is 4.60. The third-order valence-electron chi connectivity index (χ3n) is 1.81. The Morgan fingerprint density at radius 2 is 1.94 bits per heavy atom. The Labute approximate surface area is 106 Å². The van der Waals surface area contributed by atoms with Crippen LogP contribution in [0, 0.1) is 0 Å². The zero-order chi connectivity index (χ0) is 12.0. The van der Waals surface area contributed by atoms with Crippen molar-refractivity contribution >= 4 is 24.6 Å². The lowest BCUT2D eigenvalue weighted by atomic mass is 10.2. The Kier molecular flexibility index (Phi) is 6.50. The van der Waals surface area contributed by atoms with Gasteiger partial charge in [0.2, 0.25) is 5.96 Å². The average molecular weight is 259 g/mol. The molecule has 0 saturated heterocycles. The number of guanidine groups is 1. The summed E-state index contributed by atoms with van der Waals surface area (Å²) in [6.07, 6.45) is 1.50. The van der Waals surface area contributed by atoms with Crippen LogP contribution in [0.3, 0.4) is 0 Å². The zero-order valence-electron chi connectivity index (χ0n) is 9.58. The van der Waals surface area contributed by atoms with Gasteiger partial charge < -0.3 is 20.9 Å². The summed E-state index contributed by atoms with van der Waals surface area (Å²) < 4.78 is 10.2. The normalized spacial score (nSPS) is 9.53. The topological polar surface area (TPSA) is 95.2 Å². The molecular formula is C10H15ClN4O2. The van der Waals surface area contributed by atoms with Crippen molar-refractivity contribution in [2.24, 2.45) is 21.7 Å². The van der Waals surface area contributed by atoms with Crippen LogP contribution in [0.1, 0.15) is 5.56 Å². The van der Waals surface area contributed by atoms with E-state index in [9.17, 15) is 0 Å². The standard InChI is InChI=1S/C10H14N4O2.ClH/c1-15-8-4-3-7(9(5-8)16-2)6-13-14-10(11)12;/h3-6H,1-2H3,(H4,11,12,14);1H/b13-6+;. The van der Waals surface area contributed by atoms with Crippen LogP contribution in [-0.4, -0.2) is 26.4 Å². The maximum absolute atomic E-state index is 5.16. The molecule has 1 aromatic carbocycles. The first-order chi connectivity index (χ1) is 7.67. The van der Waals surface area contributed by atoms with E-state index in [0.29, 0.717) is 11.5 Å². The van der Waals surface area contributed by atoms with Crippen LogP contribution in [0.5, 0.6) is 11.5 Å². The molecule has 0 saturated carbocycles. The number of benzene rings is 1. The van der Waals surface area contributed by atoms with E-state index < -0.39 is 0 Å². The Morgan fingerprint density at radius 1 is 1.24 bits per heavy atom. The molecular weight excluding hydrogens is 244 g/mol. The lowest BCUT2D eigenvalue weighted by molar-refractivity contribution is 0.394. The first-order valence-electron chi connectivity index (χ1n) is 4.51. The Balaban J connectivity index is 0.00000256. The second-order valence-electron chi connectivity index (χ2n) is 2.88. The van der Waals surface area contributed by atoms with Gasteiger partial charge in [-0.1, -0.05) is 0 Å². The first-order valence-corrected chi connectivity index (χ1v) is 4.51. The summed E-state index contributed by atoms with van der Waals surface area (Å²) in [4.78, 5) is 0. The Hall–Kier alpha value is -1.95. The van der Waals surface area contributed by atoms with Gasteiger partial charge in [0.15, 0.2) is 0 Å². The number of methoxy groups -OCH3 is 2. The summed E-state index contributed by atoms with van der Waals surface area (Å²) in [5.74, 6) is 1.24. The van der Waals surface area contributed by atoms with E-state index in [2.05, 4.69) is 10.2 Å². The van der Waals surface area contributed by atoms with E-state index in [1.165, 1.54) is 6.21 Å². The first kappa shape index (κ1) is 15.0. The minimum absolute atomic E-state index is 0. The van der Waals surface area contributed by atoms with Crippen LogP contribution in [0.2, 0.25) is 0 Å². The molecule has 1 rings (SSSR count). The highest BCUT2D eigenvalue weighted by atomic mass is 35.5. The van der Waals surface area contributed by atoms with Crippen LogP contribution < -0.4 is 20.9 Å². The van der Waals surface area contributed by atoms with Gasteiger partial charge in [-0.25, -0.2) is 0 Å². The molecule has 0 aromatic heterocycles.